The minimum Gasteiger partial charge on any atom is -0.508 e. The van der Waals surface area contributed by atoms with E-state index < -0.39 is 7.60 Å². The van der Waals surface area contributed by atoms with Crippen LogP contribution in [0.5, 0.6) is 11.5 Å². The molecular formula is C27H32NO5P. The van der Waals surface area contributed by atoms with Gasteiger partial charge in [0.25, 0.3) is 0 Å². The number of aryl methyl sites for hydroxylation is 2. The maximum absolute atomic E-state index is 13.2. The SMILES string of the molecule is Cc1cc(OC[P@]2(=O)OCCC(c3cccnc3)O2)cc(C)c1Cc1ccc(O)c(C(C)C)c1. The van der Waals surface area contributed by atoms with Crippen LogP contribution >= 0.6 is 7.60 Å². The van der Waals surface area contributed by atoms with Gasteiger partial charge in [0, 0.05) is 18.8 Å². The Kier molecular flexibility index (Phi) is 7.42. The van der Waals surface area contributed by atoms with Crippen LogP contribution in [0.2, 0.25) is 0 Å². The molecule has 1 aliphatic heterocycles. The van der Waals surface area contributed by atoms with Crippen molar-refractivity contribution in [2.75, 3.05) is 13.0 Å². The Morgan fingerprint density at radius 1 is 1.18 bits per heavy atom. The molecule has 0 spiro atoms. The number of ether oxygens (including phenoxy) is 1. The van der Waals surface area contributed by atoms with Crippen LogP contribution in [-0.4, -0.2) is 23.0 Å². The summed E-state index contributed by atoms with van der Waals surface area (Å²) in [6.07, 6.45) is 4.35. The summed E-state index contributed by atoms with van der Waals surface area (Å²) in [5, 5.41) is 10.1. The fourth-order valence-corrected chi connectivity index (χ4v) is 5.79. The van der Waals surface area contributed by atoms with Crippen LogP contribution in [0.15, 0.2) is 54.9 Å². The van der Waals surface area contributed by atoms with Gasteiger partial charge < -0.3 is 14.4 Å². The molecule has 0 amide bonds. The molecule has 1 unspecified atom stereocenters. The largest absolute Gasteiger partial charge is 0.508 e. The molecular weight excluding hydrogens is 449 g/mol. The number of aromatic hydroxyl groups is 1. The van der Waals surface area contributed by atoms with Gasteiger partial charge in [-0.05, 0) is 83.8 Å². The standard InChI is InChI=1S/C27H32NO5P/c1-18(2)24-14-21(7-8-26(24)29)15-25-19(3)12-23(13-20(25)4)31-17-34(30)32-11-9-27(33-34)22-6-5-10-28-16-22/h5-8,10,12-14,16,18,27,29H,9,11,15,17H2,1-4H3/t27?,34-/m0/s1. The van der Waals surface area contributed by atoms with E-state index >= 15 is 0 Å². The van der Waals surface area contributed by atoms with Crippen molar-refractivity contribution in [1.29, 1.82) is 0 Å². The third-order valence-corrected chi connectivity index (χ3v) is 7.76. The van der Waals surface area contributed by atoms with Crippen molar-refractivity contribution in [2.24, 2.45) is 0 Å². The summed E-state index contributed by atoms with van der Waals surface area (Å²) < 4.78 is 30.4. The average Bonchev–Trinajstić information content (AvgIpc) is 2.81. The molecule has 34 heavy (non-hydrogen) atoms. The zero-order chi connectivity index (χ0) is 24.3. The smallest absolute Gasteiger partial charge is 0.368 e. The lowest BCUT2D eigenvalue weighted by atomic mass is 9.93. The maximum atomic E-state index is 13.2. The molecule has 1 aromatic heterocycles. The number of phenols is 1. The fraction of sp³-hybridized carbons (Fsp3) is 0.370. The van der Waals surface area contributed by atoms with E-state index in [0.29, 0.717) is 24.5 Å². The van der Waals surface area contributed by atoms with Crippen molar-refractivity contribution in [3.63, 3.8) is 0 Å². The van der Waals surface area contributed by atoms with Gasteiger partial charge in [0.2, 0.25) is 0 Å². The van der Waals surface area contributed by atoms with E-state index in [4.69, 9.17) is 13.8 Å². The minimum absolute atomic E-state index is 0.141. The Hall–Kier alpha value is -2.66. The average molecular weight is 482 g/mol. The summed E-state index contributed by atoms with van der Waals surface area (Å²) in [6.45, 7) is 8.60. The number of hydrogen-bond acceptors (Lipinski definition) is 6. The van der Waals surface area contributed by atoms with E-state index in [1.165, 1.54) is 5.56 Å². The highest BCUT2D eigenvalue weighted by molar-refractivity contribution is 7.53. The van der Waals surface area contributed by atoms with Crippen LogP contribution in [-0.2, 0) is 20.0 Å². The number of aromatic nitrogens is 1. The molecule has 0 aliphatic carbocycles. The first-order valence-corrected chi connectivity index (χ1v) is 13.3. The molecule has 2 aromatic carbocycles. The number of rotatable bonds is 7. The van der Waals surface area contributed by atoms with Crippen LogP contribution in [0.4, 0.5) is 0 Å². The first-order valence-electron chi connectivity index (χ1n) is 11.6. The maximum Gasteiger partial charge on any atom is 0.368 e. The zero-order valence-electron chi connectivity index (χ0n) is 20.2. The van der Waals surface area contributed by atoms with E-state index in [1.807, 2.05) is 44.2 Å². The van der Waals surface area contributed by atoms with Gasteiger partial charge >= 0.3 is 7.60 Å². The molecule has 1 N–H and O–H groups in total. The molecule has 0 radical (unpaired) electrons. The summed E-state index contributed by atoms with van der Waals surface area (Å²) in [5.41, 5.74) is 6.38. The summed E-state index contributed by atoms with van der Waals surface area (Å²) in [7, 11) is -3.39. The van der Waals surface area contributed by atoms with E-state index in [-0.39, 0.29) is 18.4 Å². The van der Waals surface area contributed by atoms with Crippen molar-refractivity contribution in [1.82, 2.24) is 4.98 Å². The Morgan fingerprint density at radius 3 is 2.62 bits per heavy atom. The van der Waals surface area contributed by atoms with Crippen LogP contribution in [0, 0.1) is 13.8 Å². The van der Waals surface area contributed by atoms with Crippen molar-refractivity contribution < 1.29 is 23.5 Å². The highest BCUT2D eigenvalue weighted by atomic mass is 31.2. The normalized spacial score (nSPS) is 20.4. The Balaban J connectivity index is 1.45. The van der Waals surface area contributed by atoms with Gasteiger partial charge in [-0.15, -0.1) is 0 Å². The third kappa shape index (κ3) is 5.69. The number of benzene rings is 2. The third-order valence-electron chi connectivity index (χ3n) is 6.17. The number of hydrogen-bond donors (Lipinski definition) is 1. The van der Waals surface area contributed by atoms with Gasteiger partial charge in [-0.3, -0.25) is 14.1 Å². The minimum atomic E-state index is -3.39. The molecule has 0 bridgehead atoms. The number of phenolic OH excluding ortho intramolecular Hbond substituents is 1. The summed E-state index contributed by atoms with van der Waals surface area (Å²) in [5.74, 6) is 1.23. The summed E-state index contributed by atoms with van der Waals surface area (Å²) in [4.78, 5) is 4.12. The molecule has 180 valence electrons. The van der Waals surface area contributed by atoms with Crippen molar-refractivity contribution >= 4 is 7.60 Å². The van der Waals surface area contributed by atoms with E-state index in [0.717, 1.165) is 34.2 Å². The first kappa shape index (κ1) is 24.5. The fourth-order valence-electron chi connectivity index (χ4n) is 4.29. The van der Waals surface area contributed by atoms with Gasteiger partial charge in [0.15, 0.2) is 6.35 Å². The van der Waals surface area contributed by atoms with Crippen molar-refractivity contribution in [2.45, 2.75) is 52.6 Å². The highest BCUT2D eigenvalue weighted by Gasteiger charge is 2.35. The summed E-state index contributed by atoms with van der Waals surface area (Å²) >= 11 is 0. The first-order chi connectivity index (χ1) is 16.2. The second-order valence-corrected chi connectivity index (χ2v) is 11.1. The zero-order valence-corrected chi connectivity index (χ0v) is 21.0. The second-order valence-electron chi connectivity index (χ2n) is 9.15. The van der Waals surface area contributed by atoms with Gasteiger partial charge in [0.1, 0.15) is 11.5 Å². The van der Waals surface area contributed by atoms with Gasteiger partial charge in [-0.1, -0.05) is 32.0 Å². The van der Waals surface area contributed by atoms with Crippen molar-refractivity contribution in [3.8, 4) is 11.5 Å². The lowest BCUT2D eigenvalue weighted by Crippen LogP contribution is -2.17. The molecule has 1 aliphatic rings. The monoisotopic (exact) mass is 481 g/mol. The molecule has 0 saturated carbocycles. The molecule has 6 nitrogen and oxygen atoms in total. The lowest BCUT2D eigenvalue weighted by molar-refractivity contribution is 0.0723. The molecule has 2 atom stereocenters. The predicted octanol–water partition coefficient (Wildman–Crippen LogP) is 6.83. The van der Waals surface area contributed by atoms with Crippen molar-refractivity contribution in [3.05, 3.63) is 88.2 Å². The molecule has 1 fully saturated rings. The van der Waals surface area contributed by atoms with Gasteiger partial charge in [0.05, 0.1) is 12.7 Å². The quantitative estimate of drug-likeness (QED) is 0.373. The van der Waals surface area contributed by atoms with Crippen LogP contribution < -0.4 is 4.74 Å². The Labute approximate surface area is 201 Å². The lowest BCUT2D eigenvalue weighted by Gasteiger charge is -2.29. The Bertz CT molecular complexity index is 1170. The number of nitrogens with zero attached hydrogens (tertiary/aromatic N) is 1. The Morgan fingerprint density at radius 2 is 1.94 bits per heavy atom. The molecule has 1 saturated heterocycles. The van der Waals surface area contributed by atoms with E-state index in [2.05, 4.69) is 24.9 Å². The molecule has 7 heteroatoms. The van der Waals surface area contributed by atoms with Crippen LogP contribution in [0.25, 0.3) is 0 Å². The topological polar surface area (TPSA) is 77.9 Å². The van der Waals surface area contributed by atoms with Gasteiger partial charge in [-0.25, -0.2) is 0 Å². The van der Waals surface area contributed by atoms with Gasteiger partial charge in [-0.2, -0.15) is 0 Å². The second kappa shape index (κ2) is 10.3. The van der Waals surface area contributed by atoms with Crippen LogP contribution in [0.3, 0.4) is 0 Å². The van der Waals surface area contributed by atoms with E-state index in [9.17, 15) is 9.67 Å². The predicted molar refractivity (Wildman–Crippen MR) is 133 cm³/mol. The molecule has 4 rings (SSSR count). The van der Waals surface area contributed by atoms with E-state index in [1.54, 1.807) is 18.5 Å². The highest BCUT2D eigenvalue weighted by Crippen LogP contribution is 2.55. The van der Waals surface area contributed by atoms with Crippen LogP contribution in [0.1, 0.15) is 65.7 Å². The molecule has 2 heterocycles. The summed E-state index contributed by atoms with van der Waals surface area (Å²) in [6, 6.07) is 13.5. The number of pyridine rings is 1. The molecule has 3 aromatic rings.